The number of benzene rings is 1. The van der Waals surface area contributed by atoms with E-state index in [1.54, 1.807) is 0 Å². The van der Waals surface area contributed by atoms with Gasteiger partial charge >= 0.3 is 0 Å². The summed E-state index contributed by atoms with van der Waals surface area (Å²) in [5.74, 6) is 0. The van der Waals surface area contributed by atoms with Gasteiger partial charge in [-0.25, -0.2) is 0 Å². The highest BCUT2D eigenvalue weighted by atomic mass is 15.4. The number of nitrogens with one attached hydrogen (secondary N) is 1. The number of hydrogen-bond acceptors (Lipinski definition) is 4. The highest BCUT2D eigenvalue weighted by Gasteiger charge is 2.05. The first kappa shape index (κ1) is 15.5. The maximum absolute atomic E-state index is 4.20. The van der Waals surface area contributed by atoms with Crippen molar-refractivity contribution in [3.05, 3.63) is 42.2 Å². The first-order valence-corrected chi connectivity index (χ1v) is 7.73. The molecule has 5 heteroatoms. The molecule has 5 nitrogen and oxygen atoms in total. The molecule has 1 N–H and O–H groups in total. The molecule has 0 radical (unpaired) electrons. The average Bonchev–Trinajstić information content (AvgIpc) is 2.97. The Morgan fingerprint density at radius 1 is 1.19 bits per heavy atom. The summed E-state index contributed by atoms with van der Waals surface area (Å²) in [6, 6.07) is 10.5. The molecule has 0 fully saturated rings. The largest absolute Gasteiger partial charge is 0.370 e. The minimum atomic E-state index is 0.796. The molecule has 0 amide bonds. The van der Waals surface area contributed by atoms with Crippen molar-refractivity contribution >= 4 is 5.69 Å². The van der Waals surface area contributed by atoms with E-state index in [1.165, 1.54) is 5.69 Å². The van der Waals surface area contributed by atoms with Crippen LogP contribution in [0.4, 0.5) is 5.69 Å². The molecule has 0 spiro atoms. The maximum Gasteiger partial charge on any atom is 0.0964 e. The highest BCUT2D eigenvalue weighted by Crippen LogP contribution is 2.12. The number of anilines is 1. The molecular weight excluding hydrogens is 262 g/mol. The number of aromatic nitrogens is 3. The molecule has 21 heavy (non-hydrogen) atoms. The Balaban J connectivity index is 1.84. The second-order valence-electron chi connectivity index (χ2n) is 5.06. The van der Waals surface area contributed by atoms with Gasteiger partial charge in [-0.3, -0.25) is 4.68 Å². The zero-order chi connectivity index (χ0) is 14.9. The van der Waals surface area contributed by atoms with Crippen molar-refractivity contribution in [3.63, 3.8) is 0 Å². The van der Waals surface area contributed by atoms with E-state index in [2.05, 4.69) is 58.6 Å². The van der Waals surface area contributed by atoms with Crippen molar-refractivity contribution in [2.75, 3.05) is 24.5 Å². The molecule has 0 saturated heterocycles. The number of nitrogens with zero attached hydrogens (tertiary/aromatic N) is 4. The Morgan fingerprint density at radius 3 is 2.71 bits per heavy atom. The van der Waals surface area contributed by atoms with Gasteiger partial charge < -0.3 is 10.2 Å². The van der Waals surface area contributed by atoms with Crippen molar-refractivity contribution in [1.82, 2.24) is 20.3 Å². The molecule has 1 aromatic carbocycles. The third-order valence-electron chi connectivity index (χ3n) is 3.42. The summed E-state index contributed by atoms with van der Waals surface area (Å²) in [6.45, 7) is 8.93. The number of hydrogen-bond donors (Lipinski definition) is 1. The van der Waals surface area contributed by atoms with E-state index in [0.29, 0.717) is 0 Å². The van der Waals surface area contributed by atoms with Gasteiger partial charge in [0, 0.05) is 31.5 Å². The molecule has 0 atom stereocenters. The van der Waals surface area contributed by atoms with Crippen molar-refractivity contribution in [2.45, 2.75) is 33.4 Å². The average molecular weight is 287 g/mol. The smallest absolute Gasteiger partial charge is 0.0964 e. The van der Waals surface area contributed by atoms with Crippen LogP contribution in [0.5, 0.6) is 0 Å². The molecule has 2 aromatic rings. The van der Waals surface area contributed by atoms with Crippen molar-refractivity contribution in [3.8, 4) is 0 Å². The van der Waals surface area contributed by atoms with Crippen molar-refractivity contribution in [1.29, 1.82) is 0 Å². The highest BCUT2D eigenvalue weighted by molar-refractivity contribution is 5.45. The fourth-order valence-corrected chi connectivity index (χ4v) is 2.25. The Morgan fingerprint density at radius 2 is 2.00 bits per heavy atom. The third-order valence-corrected chi connectivity index (χ3v) is 3.42. The second kappa shape index (κ2) is 8.42. The molecular formula is C16H25N5. The van der Waals surface area contributed by atoms with Gasteiger partial charge in [-0.2, -0.15) is 0 Å². The Labute approximate surface area is 127 Å². The molecule has 0 saturated carbocycles. The van der Waals surface area contributed by atoms with Crippen LogP contribution in [-0.4, -0.2) is 34.6 Å². The summed E-state index contributed by atoms with van der Waals surface area (Å²) in [5.41, 5.74) is 2.26. The van der Waals surface area contributed by atoms with Gasteiger partial charge in [-0.15, -0.1) is 5.10 Å². The number of para-hydroxylation sites is 1. The monoisotopic (exact) mass is 287 g/mol. The summed E-state index contributed by atoms with van der Waals surface area (Å²) < 4.78 is 1.93. The fourth-order valence-electron chi connectivity index (χ4n) is 2.25. The summed E-state index contributed by atoms with van der Waals surface area (Å²) >= 11 is 0. The molecule has 0 aliphatic rings. The zero-order valence-electron chi connectivity index (χ0n) is 13.0. The normalized spacial score (nSPS) is 10.8. The van der Waals surface area contributed by atoms with Gasteiger partial charge in [0.05, 0.1) is 12.2 Å². The quantitative estimate of drug-likeness (QED) is 0.719. The van der Waals surface area contributed by atoms with Gasteiger partial charge in [-0.1, -0.05) is 30.3 Å². The molecule has 2 rings (SSSR count). The summed E-state index contributed by atoms with van der Waals surface area (Å²) in [4.78, 5) is 2.34. The first-order chi connectivity index (χ1) is 10.3. The van der Waals surface area contributed by atoms with Gasteiger partial charge in [-0.05, 0) is 32.0 Å². The van der Waals surface area contributed by atoms with Crippen LogP contribution in [0.3, 0.4) is 0 Å². The lowest BCUT2D eigenvalue weighted by molar-refractivity contribution is 0.578. The molecule has 0 aliphatic carbocycles. The number of rotatable bonds is 9. The van der Waals surface area contributed by atoms with Crippen LogP contribution in [0.25, 0.3) is 0 Å². The second-order valence-corrected chi connectivity index (χ2v) is 5.06. The van der Waals surface area contributed by atoms with E-state index < -0.39 is 0 Å². The number of likely N-dealkylation sites (N-methyl/N-ethyl adjacent to an activating group) is 1. The third kappa shape index (κ3) is 4.86. The molecule has 114 valence electrons. The maximum atomic E-state index is 4.20. The van der Waals surface area contributed by atoms with E-state index in [9.17, 15) is 0 Å². The summed E-state index contributed by atoms with van der Waals surface area (Å²) in [7, 11) is 0. The minimum absolute atomic E-state index is 0.796. The summed E-state index contributed by atoms with van der Waals surface area (Å²) in [5, 5.41) is 11.7. The molecule has 1 heterocycles. The van der Waals surface area contributed by atoms with Crippen molar-refractivity contribution in [2.24, 2.45) is 0 Å². The zero-order valence-corrected chi connectivity index (χ0v) is 13.0. The van der Waals surface area contributed by atoms with Gasteiger partial charge in [0.25, 0.3) is 0 Å². The SMILES string of the molecule is CCCNCc1cn(CCN(CC)c2ccccc2)nn1. The van der Waals surface area contributed by atoms with E-state index in [1.807, 2.05) is 16.9 Å². The minimum Gasteiger partial charge on any atom is -0.370 e. The van der Waals surface area contributed by atoms with Crippen LogP contribution in [0.1, 0.15) is 26.0 Å². The Kier molecular flexibility index (Phi) is 6.22. The standard InChI is InChI=1S/C16H25N5/c1-3-10-17-13-15-14-21(19-18-15)12-11-20(4-2)16-8-6-5-7-9-16/h5-9,14,17H,3-4,10-13H2,1-2H3. The van der Waals surface area contributed by atoms with Gasteiger partial charge in [0.15, 0.2) is 0 Å². The molecule has 1 aromatic heterocycles. The predicted molar refractivity (Wildman–Crippen MR) is 86.3 cm³/mol. The van der Waals surface area contributed by atoms with Crippen molar-refractivity contribution < 1.29 is 0 Å². The molecule has 0 bridgehead atoms. The lowest BCUT2D eigenvalue weighted by Gasteiger charge is -2.22. The molecule has 0 unspecified atom stereocenters. The van der Waals surface area contributed by atoms with Crippen LogP contribution < -0.4 is 10.2 Å². The van der Waals surface area contributed by atoms with Crippen LogP contribution in [0.2, 0.25) is 0 Å². The van der Waals surface area contributed by atoms with E-state index in [4.69, 9.17) is 0 Å². The predicted octanol–water partition coefficient (Wildman–Crippen LogP) is 2.30. The summed E-state index contributed by atoms with van der Waals surface area (Å²) in [6.07, 6.45) is 3.16. The fraction of sp³-hybridized carbons (Fsp3) is 0.500. The first-order valence-electron chi connectivity index (χ1n) is 7.73. The Bertz CT molecular complexity index is 508. The van der Waals surface area contributed by atoms with E-state index >= 15 is 0 Å². The Hall–Kier alpha value is -1.88. The van der Waals surface area contributed by atoms with E-state index in [-0.39, 0.29) is 0 Å². The van der Waals surface area contributed by atoms with Crippen LogP contribution >= 0.6 is 0 Å². The lowest BCUT2D eigenvalue weighted by Crippen LogP contribution is -2.27. The lowest BCUT2D eigenvalue weighted by atomic mass is 10.3. The topological polar surface area (TPSA) is 46.0 Å². The molecule has 0 aliphatic heterocycles. The van der Waals surface area contributed by atoms with Crippen LogP contribution in [-0.2, 0) is 13.1 Å². The van der Waals surface area contributed by atoms with Crippen LogP contribution in [0.15, 0.2) is 36.5 Å². The van der Waals surface area contributed by atoms with Crippen LogP contribution in [0, 0.1) is 0 Å². The van der Waals surface area contributed by atoms with E-state index in [0.717, 1.165) is 44.8 Å². The van der Waals surface area contributed by atoms with Gasteiger partial charge in [0.2, 0.25) is 0 Å². The van der Waals surface area contributed by atoms with Gasteiger partial charge in [0.1, 0.15) is 0 Å².